The third-order valence-corrected chi connectivity index (χ3v) is 12.1. The fourth-order valence-electron chi connectivity index (χ4n) is 8.88. The molecule has 4 rings (SSSR count). The summed E-state index contributed by atoms with van der Waals surface area (Å²) in [6, 6.07) is 0.264. The Morgan fingerprint density at radius 3 is 1.24 bits per heavy atom. The predicted molar refractivity (Wildman–Crippen MR) is 212 cm³/mol. The summed E-state index contributed by atoms with van der Waals surface area (Å²) >= 11 is 0. The van der Waals surface area contributed by atoms with Gasteiger partial charge in [-0.2, -0.15) is 0 Å². The van der Waals surface area contributed by atoms with Crippen molar-refractivity contribution >= 4 is 36.3 Å². The first kappa shape index (κ1) is 46.2. The SMILES string of the molecule is C=CC(=O)OCCOC(=O)NC1CCC(CC2CCC(NC(=O)OCC(C)OC(=O)NC3CCC(CC4CCC(NC(=O)OCOC(=O)C=C)CC4)CC3)CC2)CC1. The zero-order valence-corrected chi connectivity index (χ0v) is 34.2. The number of rotatable bonds is 18. The highest BCUT2D eigenvalue weighted by molar-refractivity contribution is 5.81. The lowest BCUT2D eigenvalue weighted by Crippen LogP contribution is -2.41. The fourth-order valence-corrected chi connectivity index (χ4v) is 8.88. The molecule has 4 aliphatic rings. The van der Waals surface area contributed by atoms with Crippen LogP contribution in [-0.2, 0) is 38.0 Å². The first-order valence-electron chi connectivity index (χ1n) is 21.3. The molecule has 4 saturated carbocycles. The molecule has 0 aliphatic heterocycles. The predicted octanol–water partition coefficient (Wildman–Crippen LogP) is 6.71. The molecule has 1 atom stereocenters. The Labute approximate surface area is 342 Å². The average Bonchev–Trinajstić information content (AvgIpc) is 3.21. The normalized spacial score (nSPS) is 27.5. The van der Waals surface area contributed by atoms with Crippen LogP contribution in [0.2, 0.25) is 0 Å². The number of ether oxygens (including phenoxy) is 6. The lowest BCUT2D eigenvalue weighted by molar-refractivity contribution is -0.145. The van der Waals surface area contributed by atoms with Crippen LogP contribution in [0.3, 0.4) is 0 Å². The third-order valence-electron chi connectivity index (χ3n) is 12.1. The summed E-state index contributed by atoms with van der Waals surface area (Å²) in [7, 11) is 0. The van der Waals surface area contributed by atoms with Crippen LogP contribution in [0, 0.1) is 23.7 Å². The van der Waals surface area contributed by atoms with Gasteiger partial charge in [0.1, 0.15) is 25.9 Å². The average molecular weight is 819 g/mol. The summed E-state index contributed by atoms with van der Waals surface area (Å²) in [5, 5.41) is 11.7. The minimum absolute atomic E-state index is 0.00136. The zero-order valence-electron chi connectivity index (χ0n) is 34.2. The van der Waals surface area contributed by atoms with E-state index < -0.39 is 49.2 Å². The fraction of sp³-hybridized carbons (Fsp3) is 0.762. The van der Waals surface area contributed by atoms with Crippen LogP contribution in [0.4, 0.5) is 19.2 Å². The van der Waals surface area contributed by atoms with Crippen molar-refractivity contribution in [2.24, 2.45) is 23.7 Å². The van der Waals surface area contributed by atoms with Crippen molar-refractivity contribution in [3.63, 3.8) is 0 Å². The summed E-state index contributed by atoms with van der Waals surface area (Å²) in [5.41, 5.74) is 0. The maximum Gasteiger partial charge on any atom is 0.410 e. The van der Waals surface area contributed by atoms with Crippen LogP contribution in [0.15, 0.2) is 25.3 Å². The van der Waals surface area contributed by atoms with Gasteiger partial charge >= 0.3 is 36.3 Å². The van der Waals surface area contributed by atoms with E-state index in [9.17, 15) is 28.8 Å². The van der Waals surface area contributed by atoms with Crippen LogP contribution in [0.25, 0.3) is 0 Å². The lowest BCUT2D eigenvalue weighted by Gasteiger charge is -2.34. The minimum Gasteiger partial charge on any atom is -0.459 e. The molecule has 4 fully saturated rings. The lowest BCUT2D eigenvalue weighted by atomic mass is 9.76. The second-order valence-electron chi connectivity index (χ2n) is 16.5. The Morgan fingerprint density at radius 1 is 0.483 bits per heavy atom. The monoisotopic (exact) mass is 818 g/mol. The molecular formula is C42H66N4O12. The Bertz CT molecular complexity index is 1350. The number of amides is 4. The van der Waals surface area contributed by atoms with Gasteiger partial charge in [-0.1, -0.05) is 13.2 Å². The number of carbonyl (C=O) groups is 6. The standard InChI is InChI=1S/C42H66N4O12/c1-4-37(47)53-22-23-54-39(49)43-33-14-6-29(7-15-33)24-30-8-16-34(17-9-30)44-40(50)55-26-28(3)58-42(52)46-36-20-12-32(13-21-36)25-31-10-18-35(19-11-31)45-41(51)57-27-56-38(48)5-2/h4-5,28-36H,1-2,6-27H2,3H3,(H,43,49)(H,44,50)(H,45,51)(H,46,52). The van der Waals surface area contributed by atoms with Crippen molar-refractivity contribution in [1.29, 1.82) is 0 Å². The van der Waals surface area contributed by atoms with Crippen molar-refractivity contribution in [1.82, 2.24) is 21.3 Å². The van der Waals surface area contributed by atoms with Gasteiger partial charge in [-0.05, 0) is 146 Å². The molecule has 58 heavy (non-hydrogen) atoms. The van der Waals surface area contributed by atoms with E-state index in [2.05, 4.69) is 39.2 Å². The van der Waals surface area contributed by atoms with Gasteiger partial charge in [-0.3, -0.25) is 0 Å². The molecule has 0 aromatic rings. The number of carbonyl (C=O) groups excluding carboxylic acids is 6. The van der Waals surface area contributed by atoms with Gasteiger partial charge < -0.3 is 49.7 Å². The second-order valence-corrected chi connectivity index (χ2v) is 16.5. The van der Waals surface area contributed by atoms with Gasteiger partial charge in [0.15, 0.2) is 0 Å². The molecular weight excluding hydrogens is 752 g/mol. The molecule has 4 N–H and O–H groups in total. The van der Waals surface area contributed by atoms with Crippen LogP contribution < -0.4 is 21.3 Å². The van der Waals surface area contributed by atoms with Crippen molar-refractivity contribution in [2.75, 3.05) is 26.6 Å². The summed E-state index contributed by atoms with van der Waals surface area (Å²) < 4.78 is 30.4. The van der Waals surface area contributed by atoms with Crippen molar-refractivity contribution < 1.29 is 57.2 Å². The van der Waals surface area contributed by atoms with Gasteiger partial charge in [0.2, 0.25) is 6.79 Å². The molecule has 4 amide bonds. The van der Waals surface area contributed by atoms with Gasteiger partial charge in [-0.15, -0.1) is 0 Å². The van der Waals surface area contributed by atoms with Gasteiger partial charge in [-0.25, -0.2) is 28.8 Å². The molecule has 4 aliphatic carbocycles. The van der Waals surface area contributed by atoms with Crippen LogP contribution in [-0.4, -0.2) is 93.2 Å². The number of hydrogen-bond acceptors (Lipinski definition) is 12. The topological polar surface area (TPSA) is 206 Å². The summed E-state index contributed by atoms with van der Waals surface area (Å²) in [6.45, 7) is 7.86. The second kappa shape index (κ2) is 25.1. The molecule has 0 saturated heterocycles. The molecule has 0 bridgehead atoms. The highest BCUT2D eigenvalue weighted by Crippen LogP contribution is 2.37. The zero-order chi connectivity index (χ0) is 41.7. The van der Waals surface area contributed by atoms with E-state index in [1.165, 1.54) is 0 Å². The molecule has 0 heterocycles. The molecule has 326 valence electrons. The molecule has 16 heteroatoms. The van der Waals surface area contributed by atoms with Crippen molar-refractivity contribution in [3.05, 3.63) is 25.3 Å². The summed E-state index contributed by atoms with van der Waals surface area (Å²) in [4.78, 5) is 71.2. The first-order chi connectivity index (χ1) is 28.0. The molecule has 16 nitrogen and oxygen atoms in total. The van der Waals surface area contributed by atoms with Gasteiger partial charge in [0.05, 0.1) is 0 Å². The first-order valence-corrected chi connectivity index (χ1v) is 21.3. The summed E-state index contributed by atoms with van der Waals surface area (Å²) in [5.74, 6) is 1.27. The number of esters is 2. The molecule has 0 aromatic carbocycles. The van der Waals surface area contributed by atoms with Crippen molar-refractivity contribution in [3.8, 4) is 0 Å². The van der Waals surface area contributed by atoms with E-state index in [1.807, 2.05) is 0 Å². The van der Waals surface area contributed by atoms with Crippen LogP contribution >= 0.6 is 0 Å². The Kier molecular flexibility index (Phi) is 20.0. The summed E-state index contributed by atoms with van der Waals surface area (Å²) in [6.07, 6.45) is 17.3. The number of alkyl carbamates (subject to hydrolysis) is 4. The van der Waals surface area contributed by atoms with E-state index in [-0.39, 0.29) is 44.0 Å². The third kappa shape index (κ3) is 18.0. The molecule has 1 unspecified atom stereocenters. The van der Waals surface area contributed by atoms with E-state index in [0.29, 0.717) is 23.7 Å². The largest absolute Gasteiger partial charge is 0.459 e. The maximum absolute atomic E-state index is 12.6. The Balaban J connectivity index is 0.973. The smallest absolute Gasteiger partial charge is 0.410 e. The Hall–Kier alpha value is -4.50. The maximum atomic E-state index is 12.6. The van der Waals surface area contributed by atoms with Gasteiger partial charge in [0, 0.05) is 36.3 Å². The van der Waals surface area contributed by atoms with Crippen LogP contribution in [0.5, 0.6) is 0 Å². The highest BCUT2D eigenvalue weighted by atomic mass is 16.7. The number of nitrogens with one attached hydrogen (secondary N) is 4. The highest BCUT2D eigenvalue weighted by Gasteiger charge is 2.30. The van der Waals surface area contributed by atoms with E-state index in [0.717, 1.165) is 128 Å². The van der Waals surface area contributed by atoms with Gasteiger partial charge in [0.25, 0.3) is 0 Å². The Morgan fingerprint density at radius 2 is 0.828 bits per heavy atom. The number of hydrogen-bond donors (Lipinski definition) is 4. The van der Waals surface area contributed by atoms with E-state index in [4.69, 9.17) is 23.7 Å². The van der Waals surface area contributed by atoms with Crippen LogP contribution in [0.1, 0.15) is 122 Å². The van der Waals surface area contributed by atoms with E-state index in [1.54, 1.807) is 6.92 Å². The molecule has 0 spiro atoms. The van der Waals surface area contributed by atoms with Crippen molar-refractivity contribution in [2.45, 2.75) is 153 Å². The van der Waals surface area contributed by atoms with E-state index >= 15 is 0 Å². The minimum atomic E-state index is -0.644. The molecule has 0 aromatic heterocycles. The quantitative estimate of drug-likeness (QED) is 0.0375. The molecule has 0 radical (unpaired) electrons.